The van der Waals surface area contributed by atoms with Crippen molar-refractivity contribution in [2.45, 2.75) is 44.6 Å². The molecule has 1 aromatic rings. The molecule has 10 heteroatoms. The van der Waals surface area contributed by atoms with Gasteiger partial charge in [0.05, 0.1) is 24.7 Å². The summed E-state index contributed by atoms with van der Waals surface area (Å²) in [4.78, 5) is 44.6. The van der Waals surface area contributed by atoms with Gasteiger partial charge in [0.1, 0.15) is 17.4 Å². The molecule has 0 aromatic heterocycles. The van der Waals surface area contributed by atoms with Crippen LogP contribution >= 0.6 is 0 Å². The SMILES string of the molecule is CN(C(=O)OC1=CC=C(F)CC1)[C@@H]1CN(C(=O)C2CCN(C(=O)C3(C)COC3)CC2)C[C@H]1c1ccc(F)cc1. The van der Waals surface area contributed by atoms with E-state index < -0.39 is 11.5 Å². The predicted octanol–water partition coefficient (Wildman–Crippen LogP) is 3.99. The van der Waals surface area contributed by atoms with Gasteiger partial charge in [0, 0.05) is 57.9 Å². The molecule has 0 N–H and O–H groups in total. The van der Waals surface area contributed by atoms with Crippen molar-refractivity contribution < 1.29 is 32.6 Å². The highest BCUT2D eigenvalue weighted by Gasteiger charge is 2.46. The van der Waals surface area contributed by atoms with Crippen LogP contribution in [-0.4, -0.2) is 85.1 Å². The number of allylic oxidation sites excluding steroid dienone is 4. The van der Waals surface area contributed by atoms with E-state index in [0.29, 0.717) is 64.4 Å². The second kappa shape index (κ2) is 11.1. The Hall–Kier alpha value is -3.27. The molecule has 39 heavy (non-hydrogen) atoms. The highest BCUT2D eigenvalue weighted by atomic mass is 19.1. The van der Waals surface area contributed by atoms with E-state index in [1.54, 1.807) is 24.1 Å². The van der Waals surface area contributed by atoms with Crippen LogP contribution in [-0.2, 0) is 19.1 Å². The second-order valence-corrected chi connectivity index (χ2v) is 11.3. The number of likely N-dealkylation sites (tertiary alicyclic amines) is 2. The van der Waals surface area contributed by atoms with Crippen molar-refractivity contribution in [2.24, 2.45) is 11.3 Å². The smallest absolute Gasteiger partial charge is 0.414 e. The van der Waals surface area contributed by atoms with Crippen molar-refractivity contribution >= 4 is 17.9 Å². The van der Waals surface area contributed by atoms with Gasteiger partial charge in [-0.3, -0.25) is 9.59 Å². The van der Waals surface area contributed by atoms with Gasteiger partial charge >= 0.3 is 6.09 Å². The van der Waals surface area contributed by atoms with Crippen molar-refractivity contribution in [3.63, 3.8) is 0 Å². The molecule has 4 aliphatic rings. The van der Waals surface area contributed by atoms with Gasteiger partial charge in [0.2, 0.25) is 11.8 Å². The van der Waals surface area contributed by atoms with E-state index >= 15 is 0 Å². The first-order valence-electron chi connectivity index (χ1n) is 13.6. The highest BCUT2D eigenvalue weighted by Crippen LogP contribution is 2.35. The summed E-state index contributed by atoms with van der Waals surface area (Å²) >= 11 is 0. The van der Waals surface area contributed by atoms with Crippen molar-refractivity contribution in [1.82, 2.24) is 14.7 Å². The molecule has 5 rings (SSSR count). The number of carbonyl (C=O) groups excluding carboxylic acids is 3. The molecule has 8 nitrogen and oxygen atoms in total. The Bertz CT molecular complexity index is 1170. The van der Waals surface area contributed by atoms with E-state index in [4.69, 9.17) is 9.47 Å². The number of ether oxygens (including phenoxy) is 2. The zero-order chi connectivity index (χ0) is 27.7. The minimum Gasteiger partial charge on any atom is -0.415 e. The van der Waals surface area contributed by atoms with Crippen molar-refractivity contribution in [1.29, 1.82) is 0 Å². The Kier molecular flexibility index (Phi) is 7.75. The van der Waals surface area contributed by atoms with Crippen LogP contribution in [0.1, 0.15) is 44.1 Å². The molecule has 3 aliphatic heterocycles. The molecular formula is C29H35F2N3O5. The topological polar surface area (TPSA) is 79.4 Å². The van der Waals surface area contributed by atoms with Crippen LogP contribution in [0.15, 0.2) is 48.0 Å². The summed E-state index contributed by atoms with van der Waals surface area (Å²) in [6.07, 6.45) is 3.82. The molecule has 0 spiro atoms. The highest BCUT2D eigenvalue weighted by molar-refractivity contribution is 5.84. The Morgan fingerprint density at radius 3 is 2.28 bits per heavy atom. The van der Waals surface area contributed by atoms with Gasteiger partial charge in [0.25, 0.3) is 0 Å². The summed E-state index contributed by atoms with van der Waals surface area (Å²) in [6, 6.07) is 5.74. The molecule has 2 atom stereocenters. The summed E-state index contributed by atoms with van der Waals surface area (Å²) in [5.74, 6) is -0.575. The van der Waals surface area contributed by atoms with Gasteiger partial charge in [-0.05, 0) is 49.6 Å². The van der Waals surface area contributed by atoms with E-state index in [-0.39, 0.29) is 47.8 Å². The number of hydrogen-bond acceptors (Lipinski definition) is 5. The number of piperidine rings is 1. The third-order valence-corrected chi connectivity index (χ3v) is 8.45. The quantitative estimate of drug-likeness (QED) is 0.561. The number of halogens is 2. The van der Waals surface area contributed by atoms with Gasteiger partial charge in [-0.2, -0.15) is 0 Å². The molecular weight excluding hydrogens is 508 g/mol. The summed E-state index contributed by atoms with van der Waals surface area (Å²) < 4.78 is 37.8. The zero-order valence-electron chi connectivity index (χ0n) is 22.4. The fourth-order valence-electron chi connectivity index (χ4n) is 5.89. The summed E-state index contributed by atoms with van der Waals surface area (Å²) in [5, 5.41) is 0. The van der Waals surface area contributed by atoms with Crippen LogP contribution in [0.4, 0.5) is 13.6 Å². The Morgan fingerprint density at radius 1 is 1.00 bits per heavy atom. The molecule has 0 saturated carbocycles. The van der Waals surface area contributed by atoms with Gasteiger partial charge in [0.15, 0.2) is 0 Å². The standard InChI is InChI=1S/C29H35F2N3O5/c1-29(17-38-18-29)27(36)33-13-11-20(12-14-33)26(35)34-15-24(19-3-5-21(30)6-4-19)25(16-34)32(2)28(37)39-23-9-7-22(31)8-10-23/h3-7,9,20,24-25H,8,10-18H2,1-2H3/t24-,25+/m0/s1. The molecule has 0 bridgehead atoms. The third kappa shape index (κ3) is 5.71. The van der Waals surface area contributed by atoms with E-state index in [9.17, 15) is 23.2 Å². The molecule has 210 valence electrons. The normalized spacial score (nSPS) is 24.9. The number of carbonyl (C=O) groups is 3. The third-order valence-electron chi connectivity index (χ3n) is 8.45. The average Bonchev–Trinajstić information content (AvgIpc) is 3.37. The Morgan fingerprint density at radius 2 is 1.69 bits per heavy atom. The van der Waals surface area contributed by atoms with E-state index in [1.807, 2.05) is 11.8 Å². The second-order valence-electron chi connectivity index (χ2n) is 11.3. The van der Waals surface area contributed by atoms with E-state index in [2.05, 4.69) is 0 Å². The monoisotopic (exact) mass is 543 g/mol. The van der Waals surface area contributed by atoms with Gasteiger partial charge in [-0.15, -0.1) is 0 Å². The van der Waals surface area contributed by atoms with Crippen LogP contribution in [0.3, 0.4) is 0 Å². The first-order chi connectivity index (χ1) is 18.6. The molecule has 1 aromatic carbocycles. The Balaban J connectivity index is 1.26. The Labute approximate surface area is 227 Å². The maximum absolute atomic E-state index is 13.7. The molecule has 3 saturated heterocycles. The molecule has 3 fully saturated rings. The summed E-state index contributed by atoms with van der Waals surface area (Å²) in [6.45, 7) is 4.54. The fraction of sp³-hybridized carbons (Fsp3) is 0.552. The van der Waals surface area contributed by atoms with E-state index in [1.165, 1.54) is 29.2 Å². The van der Waals surface area contributed by atoms with Crippen LogP contribution < -0.4 is 0 Å². The lowest BCUT2D eigenvalue weighted by Gasteiger charge is -2.42. The number of nitrogens with zero attached hydrogens (tertiary/aromatic N) is 3. The molecule has 0 radical (unpaired) electrons. The molecule has 0 unspecified atom stereocenters. The number of hydrogen-bond donors (Lipinski definition) is 0. The van der Waals surface area contributed by atoms with Crippen LogP contribution in [0.2, 0.25) is 0 Å². The van der Waals surface area contributed by atoms with Gasteiger partial charge < -0.3 is 24.2 Å². The molecule has 1 aliphatic carbocycles. The largest absolute Gasteiger partial charge is 0.415 e. The lowest BCUT2D eigenvalue weighted by atomic mass is 9.85. The molecule has 3 amide bonds. The van der Waals surface area contributed by atoms with Crippen LogP contribution in [0.5, 0.6) is 0 Å². The molecule has 3 heterocycles. The summed E-state index contributed by atoms with van der Waals surface area (Å²) in [5.41, 5.74) is 0.369. The number of benzene rings is 1. The predicted molar refractivity (Wildman–Crippen MR) is 138 cm³/mol. The lowest BCUT2D eigenvalue weighted by molar-refractivity contribution is -0.170. The zero-order valence-corrected chi connectivity index (χ0v) is 22.4. The van der Waals surface area contributed by atoms with Crippen molar-refractivity contribution in [2.75, 3.05) is 46.4 Å². The van der Waals surface area contributed by atoms with Crippen molar-refractivity contribution in [3.8, 4) is 0 Å². The van der Waals surface area contributed by atoms with Crippen LogP contribution in [0.25, 0.3) is 0 Å². The number of rotatable bonds is 5. The number of likely N-dealkylation sites (N-methyl/N-ethyl adjacent to an activating group) is 1. The van der Waals surface area contributed by atoms with Crippen molar-refractivity contribution in [3.05, 3.63) is 59.4 Å². The van der Waals surface area contributed by atoms with Gasteiger partial charge in [-0.25, -0.2) is 13.6 Å². The number of amides is 3. The first-order valence-corrected chi connectivity index (χ1v) is 13.6. The maximum Gasteiger partial charge on any atom is 0.414 e. The fourth-order valence-corrected chi connectivity index (χ4v) is 5.89. The lowest BCUT2D eigenvalue weighted by Crippen LogP contribution is -2.55. The maximum atomic E-state index is 13.7. The average molecular weight is 544 g/mol. The minimum absolute atomic E-state index is 0.00673. The summed E-state index contributed by atoms with van der Waals surface area (Å²) in [7, 11) is 1.63. The first kappa shape index (κ1) is 27.3. The van der Waals surface area contributed by atoms with Gasteiger partial charge in [-0.1, -0.05) is 12.1 Å². The van der Waals surface area contributed by atoms with E-state index in [0.717, 1.165) is 5.56 Å². The minimum atomic E-state index is -0.580. The van der Waals surface area contributed by atoms with Crippen LogP contribution in [0, 0.1) is 17.2 Å².